The highest BCUT2D eigenvalue weighted by molar-refractivity contribution is 8.12. The molecule has 0 heterocycles. The lowest BCUT2D eigenvalue weighted by molar-refractivity contribution is -0.130. The summed E-state index contributed by atoms with van der Waals surface area (Å²) in [5.41, 5.74) is 0.923. The Labute approximate surface area is 225 Å². The van der Waals surface area contributed by atoms with Crippen molar-refractivity contribution in [3.8, 4) is 5.75 Å². The third-order valence-corrected chi connectivity index (χ3v) is 6.92. The van der Waals surface area contributed by atoms with E-state index >= 15 is 0 Å². The number of carbonyl (C=O) groups excluding carboxylic acids is 1. The molecule has 0 aliphatic carbocycles. The molecule has 0 radical (unpaired) electrons. The molecule has 0 spiro atoms. The molecular weight excluding hydrogens is 526 g/mol. The topological polar surface area (TPSA) is 232 Å². The van der Waals surface area contributed by atoms with E-state index in [0.29, 0.717) is 17.9 Å². The van der Waals surface area contributed by atoms with E-state index in [0.717, 1.165) is 5.56 Å². The van der Waals surface area contributed by atoms with Crippen LogP contribution in [-0.4, -0.2) is 149 Å². The van der Waals surface area contributed by atoms with Gasteiger partial charge in [0.15, 0.2) is 5.12 Å². The Morgan fingerprint density at radius 3 is 1.66 bits per heavy atom. The molecular formula is C24H41NO12S. The summed E-state index contributed by atoms with van der Waals surface area (Å²) in [6.07, 6.45) is -13.8. The summed E-state index contributed by atoms with van der Waals surface area (Å²) >= 11 is 1.21. The summed E-state index contributed by atoms with van der Waals surface area (Å²) in [4.78, 5) is 12.8. The smallest absolute Gasteiger partial charge is 0.188 e. The Kier molecular flexibility index (Phi) is 16.4. The molecule has 13 nitrogen and oxygen atoms in total. The van der Waals surface area contributed by atoms with Crippen LogP contribution in [0.1, 0.15) is 18.9 Å². The van der Waals surface area contributed by atoms with Gasteiger partial charge in [0, 0.05) is 31.8 Å². The van der Waals surface area contributed by atoms with Crippen LogP contribution >= 0.6 is 11.8 Å². The van der Waals surface area contributed by atoms with Crippen molar-refractivity contribution in [3.05, 3.63) is 29.8 Å². The third kappa shape index (κ3) is 11.8. The van der Waals surface area contributed by atoms with Crippen molar-refractivity contribution < 1.29 is 60.6 Å². The van der Waals surface area contributed by atoms with Crippen LogP contribution in [0.15, 0.2) is 24.3 Å². The van der Waals surface area contributed by atoms with E-state index in [4.69, 9.17) is 14.9 Å². The van der Waals surface area contributed by atoms with E-state index in [1.807, 2.05) is 0 Å². The Morgan fingerprint density at radius 2 is 1.24 bits per heavy atom. The molecule has 0 fully saturated rings. The number of carbonyl (C=O) groups is 1. The van der Waals surface area contributed by atoms with Gasteiger partial charge < -0.3 is 55.8 Å². The van der Waals surface area contributed by atoms with E-state index in [1.54, 1.807) is 31.2 Å². The zero-order valence-corrected chi connectivity index (χ0v) is 22.0. The standard InChI is InChI=1S/C24H41NO12S/c1-2-20(32)38-13-14-3-5-15(6-4-14)37-8-7-25(9-16(28)21(33)23(35)18(30)11-26)10-17(29)22(34)24(36)19(31)12-27/h3-6,16-19,21-24,26-31,33-36H,2,7-13H2,1H3/t16-,17-,18-,19-,21-,22-,23-,24-/m1/s1. The fraction of sp³-hybridized carbons (Fsp3) is 0.708. The molecule has 38 heavy (non-hydrogen) atoms. The number of rotatable bonds is 19. The van der Waals surface area contributed by atoms with Crippen LogP contribution in [0.5, 0.6) is 5.75 Å². The predicted molar refractivity (Wildman–Crippen MR) is 137 cm³/mol. The lowest BCUT2D eigenvalue weighted by atomic mass is 10.0. The minimum absolute atomic E-state index is 0.0116. The normalized spacial score (nSPS) is 18.3. The van der Waals surface area contributed by atoms with Gasteiger partial charge >= 0.3 is 0 Å². The van der Waals surface area contributed by atoms with Crippen molar-refractivity contribution in [3.63, 3.8) is 0 Å². The number of thioether (sulfide) groups is 1. The van der Waals surface area contributed by atoms with E-state index in [-0.39, 0.29) is 31.4 Å². The fourth-order valence-corrected chi connectivity index (χ4v) is 4.09. The van der Waals surface area contributed by atoms with Gasteiger partial charge in [-0.3, -0.25) is 9.69 Å². The lowest BCUT2D eigenvalue weighted by Crippen LogP contribution is -2.53. The molecule has 220 valence electrons. The molecule has 0 aliphatic rings. The summed E-state index contributed by atoms with van der Waals surface area (Å²) in [5.74, 6) is 1.01. The molecule has 0 saturated carbocycles. The highest BCUT2D eigenvalue weighted by Gasteiger charge is 2.34. The molecule has 1 aromatic carbocycles. The van der Waals surface area contributed by atoms with Gasteiger partial charge in [0.25, 0.3) is 0 Å². The highest BCUT2D eigenvalue weighted by Crippen LogP contribution is 2.18. The molecule has 0 saturated heterocycles. The van der Waals surface area contributed by atoms with Crippen molar-refractivity contribution in [2.24, 2.45) is 0 Å². The molecule has 0 amide bonds. The van der Waals surface area contributed by atoms with Crippen molar-refractivity contribution in [1.29, 1.82) is 0 Å². The summed E-state index contributed by atoms with van der Waals surface area (Å²) in [6.45, 7) is -0.662. The largest absolute Gasteiger partial charge is 0.492 e. The SMILES string of the molecule is CCC(=O)SCc1ccc(OCCN(C[C@@H](O)[C@@H](O)[C@H](O)[C@H](O)CO)C[C@@H](O)[C@@H](O)[C@H](O)[C@H](O)CO)cc1. The van der Waals surface area contributed by atoms with Crippen LogP contribution in [-0.2, 0) is 10.5 Å². The van der Waals surface area contributed by atoms with Crippen molar-refractivity contribution in [2.45, 2.75) is 67.9 Å². The lowest BCUT2D eigenvalue weighted by Gasteiger charge is -2.33. The minimum Gasteiger partial charge on any atom is -0.492 e. The number of benzene rings is 1. The van der Waals surface area contributed by atoms with Crippen molar-refractivity contribution in [2.75, 3.05) is 39.5 Å². The summed E-state index contributed by atoms with van der Waals surface area (Å²) in [7, 11) is 0. The second kappa shape index (κ2) is 18.0. The minimum atomic E-state index is -1.87. The summed E-state index contributed by atoms with van der Waals surface area (Å²) in [6, 6.07) is 7.00. The Hall–Kier alpha value is -1.40. The number of hydrogen-bond acceptors (Lipinski definition) is 14. The van der Waals surface area contributed by atoms with Gasteiger partial charge in [0.2, 0.25) is 0 Å². The maximum atomic E-state index is 11.5. The monoisotopic (exact) mass is 567 g/mol. The number of aliphatic hydroxyl groups is 10. The van der Waals surface area contributed by atoms with Crippen LogP contribution in [0.4, 0.5) is 0 Å². The molecule has 0 bridgehead atoms. The van der Waals surface area contributed by atoms with Crippen LogP contribution in [0.3, 0.4) is 0 Å². The van der Waals surface area contributed by atoms with Gasteiger partial charge in [0.05, 0.1) is 25.4 Å². The van der Waals surface area contributed by atoms with Crippen molar-refractivity contribution in [1.82, 2.24) is 4.90 Å². The van der Waals surface area contributed by atoms with E-state index in [2.05, 4.69) is 0 Å². The van der Waals surface area contributed by atoms with Crippen LogP contribution in [0, 0.1) is 0 Å². The first-order chi connectivity index (χ1) is 17.9. The zero-order valence-electron chi connectivity index (χ0n) is 21.2. The molecule has 14 heteroatoms. The first-order valence-corrected chi connectivity index (χ1v) is 13.2. The summed E-state index contributed by atoms with van der Waals surface area (Å²) in [5, 5.41) is 97.8. The number of aliphatic hydroxyl groups excluding tert-OH is 10. The summed E-state index contributed by atoms with van der Waals surface area (Å²) < 4.78 is 5.68. The Morgan fingerprint density at radius 1 is 0.789 bits per heavy atom. The van der Waals surface area contributed by atoms with E-state index in [1.165, 1.54) is 16.7 Å². The van der Waals surface area contributed by atoms with E-state index < -0.39 is 62.0 Å². The van der Waals surface area contributed by atoms with E-state index in [9.17, 15) is 45.6 Å². The Balaban J connectivity index is 2.82. The van der Waals surface area contributed by atoms with Gasteiger partial charge in [-0.1, -0.05) is 30.8 Å². The maximum absolute atomic E-state index is 11.5. The Bertz CT molecular complexity index is 758. The molecule has 1 aromatic rings. The molecule has 1 rings (SSSR count). The van der Waals surface area contributed by atoms with Crippen LogP contribution in [0.25, 0.3) is 0 Å². The van der Waals surface area contributed by atoms with Gasteiger partial charge in [0.1, 0.15) is 49.0 Å². The molecule has 8 atom stereocenters. The number of hydrogen-bond donors (Lipinski definition) is 10. The molecule has 0 aliphatic heterocycles. The van der Waals surface area contributed by atoms with Gasteiger partial charge in [-0.2, -0.15) is 0 Å². The number of nitrogens with zero attached hydrogens (tertiary/aromatic N) is 1. The van der Waals surface area contributed by atoms with Gasteiger partial charge in [-0.15, -0.1) is 0 Å². The fourth-order valence-electron chi connectivity index (χ4n) is 3.37. The average molecular weight is 568 g/mol. The molecule has 0 unspecified atom stereocenters. The quantitative estimate of drug-likeness (QED) is 0.0779. The first kappa shape index (κ1) is 34.6. The van der Waals surface area contributed by atoms with Gasteiger partial charge in [-0.25, -0.2) is 0 Å². The molecule has 0 aromatic heterocycles. The van der Waals surface area contributed by atoms with Crippen LogP contribution in [0.2, 0.25) is 0 Å². The third-order valence-electron chi connectivity index (χ3n) is 5.83. The van der Waals surface area contributed by atoms with Crippen LogP contribution < -0.4 is 4.74 Å². The highest BCUT2D eigenvalue weighted by atomic mass is 32.2. The second-order valence-electron chi connectivity index (χ2n) is 8.86. The number of ether oxygens (including phenoxy) is 1. The molecule has 10 N–H and O–H groups in total. The zero-order chi connectivity index (χ0) is 28.8. The van der Waals surface area contributed by atoms with Crippen molar-refractivity contribution >= 4 is 16.9 Å². The maximum Gasteiger partial charge on any atom is 0.188 e. The van der Waals surface area contributed by atoms with Gasteiger partial charge in [-0.05, 0) is 17.7 Å². The first-order valence-electron chi connectivity index (χ1n) is 12.2. The predicted octanol–water partition coefficient (Wildman–Crippen LogP) is -3.59. The average Bonchev–Trinajstić information content (AvgIpc) is 2.93. The second-order valence-corrected chi connectivity index (χ2v) is 9.90.